The van der Waals surface area contributed by atoms with Crippen LogP contribution in [-0.2, 0) is 0 Å². The van der Waals surface area contributed by atoms with E-state index in [1.807, 2.05) is 29.3 Å². The first-order valence-corrected chi connectivity index (χ1v) is 15.9. The van der Waals surface area contributed by atoms with Crippen molar-refractivity contribution in [1.29, 1.82) is 0 Å². The van der Waals surface area contributed by atoms with E-state index < -0.39 is 0 Å². The Kier molecular flexibility index (Phi) is 8.35. The Morgan fingerprint density at radius 3 is 1.67 bits per heavy atom. The first-order chi connectivity index (χ1) is 22.0. The van der Waals surface area contributed by atoms with Crippen LogP contribution in [0.3, 0.4) is 0 Å². The molecular formula is C41H41BN4. The van der Waals surface area contributed by atoms with Gasteiger partial charge >= 0.3 is 0 Å². The maximum atomic E-state index is 5.03. The number of hydrogen-bond donors (Lipinski definition) is 0. The van der Waals surface area contributed by atoms with Gasteiger partial charge in [-0.2, -0.15) is 5.10 Å². The van der Waals surface area contributed by atoms with Crippen molar-refractivity contribution >= 4 is 29.4 Å². The lowest BCUT2D eigenvalue weighted by molar-refractivity contribution is 0.881. The van der Waals surface area contributed by atoms with E-state index in [9.17, 15) is 0 Å². The largest absolute Gasteiger partial charge is 0.291 e. The van der Waals surface area contributed by atoms with E-state index in [1.165, 1.54) is 66.6 Å². The van der Waals surface area contributed by atoms with E-state index in [0.717, 1.165) is 28.1 Å². The van der Waals surface area contributed by atoms with Crippen molar-refractivity contribution in [3.8, 4) is 27.9 Å². The minimum absolute atomic E-state index is 0.0619. The predicted molar refractivity (Wildman–Crippen MR) is 196 cm³/mol. The van der Waals surface area contributed by atoms with Crippen LogP contribution in [0, 0.1) is 55.4 Å². The number of hydrogen-bond acceptors (Lipinski definition) is 3. The number of aryl methyl sites for hydroxylation is 8. The highest BCUT2D eigenvalue weighted by atomic mass is 15.3. The summed E-state index contributed by atoms with van der Waals surface area (Å²) >= 11 is 0. The fourth-order valence-electron chi connectivity index (χ4n) is 7.32. The average Bonchev–Trinajstić information content (AvgIpc) is 3.50. The summed E-state index contributed by atoms with van der Waals surface area (Å²) in [5.41, 5.74) is 19.9. The third-order valence-electron chi connectivity index (χ3n) is 9.09. The highest BCUT2D eigenvalue weighted by Gasteiger charge is 2.31. The molecule has 0 spiro atoms. The summed E-state index contributed by atoms with van der Waals surface area (Å²) in [4.78, 5) is 10.1. The maximum absolute atomic E-state index is 5.03. The molecule has 228 valence electrons. The van der Waals surface area contributed by atoms with E-state index in [1.54, 1.807) is 0 Å². The number of aromatic nitrogens is 4. The molecular weight excluding hydrogens is 559 g/mol. The van der Waals surface area contributed by atoms with Crippen molar-refractivity contribution in [2.24, 2.45) is 0 Å². The van der Waals surface area contributed by atoms with E-state index >= 15 is 0 Å². The van der Waals surface area contributed by atoms with Crippen LogP contribution in [0.4, 0.5) is 0 Å². The molecule has 0 amide bonds. The standard InChI is InChI=1S/C41H41BN4/c1-10-33-18-27(4)38(28(5)19-33)34-12-11-13-37(20-34)46-24-36(23-45-46)35-21-43-41(44-22-35)42(39-29(6)14-25(2)15-30(39)7)40-31(8)16-26(3)17-32(40)9/h10-24H,1H2,2-9H3. The molecule has 0 saturated heterocycles. The van der Waals surface area contributed by atoms with Crippen molar-refractivity contribution in [1.82, 2.24) is 19.7 Å². The average molecular weight is 601 g/mol. The molecule has 0 N–H and O–H groups in total. The minimum atomic E-state index is -0.0619. The lowest BCUT2D eigenvalue weighted by Gasteiger charge is -2.23. The van der Waals surface area contributed by atoms with Crippen molar-refractivity contribution in [3.63, 3.8) is 0 Å². The Labute approximate surface area is 274 Å². The summed E-state index contributed by atoms with van der Waals surface area (Å²) in [6.07, 6.45) is 9.73. The molecule has 5 heteroatoms. The van der Waals surface area contributed by atoms with Crippen LogP contribution in [0.2, 0.25) is 0 Å². The van der Waals surface area contributed by atoms with Crippen LogP contribution >= 0.6 is 0 Å². The normalized spacial score (nSPS) is 11.1. The second-order valence-corrected chi connectivity index (χ2v) is 12.8. The molecule has 0 atom stereocenters. The molecule has 0 saturated carbocycles. The van der Waals surface area contributed by atoms with Gasteiger partial charge in [0.15, 0.2) is 0 Å². The molecule has 0 aliphatic rings. The van der Waals surface area contributed by atoms with E-state index in [2.05, 4.69) is 129 Å². The smallest absolute Gasteiger partial charge is 0.250 e. The van der Waals surface area contributed by atoms with Gasteiger partial charge in [-0.05, 0) is 95.3 Å². The maximum Gasteiger partial charge on any atom is 0.291 e. The lowest BCUT2D eigenvalue weighted by Crippen LogP contribution is -2.58. The van der Waals surface area contributed by atoms with Crippen molar-refractivity contribution in [2.45, 2.75) is 55.4 Å². The second-order valence-electron chi connectivity index (χ2n) is 12.8. The zero-order valence-electron chi connectivity index (χ0n) is 28.2. The third-order valence-corrected chi connectivity index (χ3v) is 9.09. The van der Waals surface area contributed by atoms with Gasteiger partial charge in [-0.1, -0.05) is 105 Å². The fraction of sp³-hybridized carbons (Fsp3) is 0.195. The van der Waals surface area contributed by atoms with Gasteiger partial charge in [0.05, 0.1) is 17.6 Å². The Morgan fingerprint density at radius 1 is 0.609 bits per heavy atom. The van der Waals surface area contributed by atoms with E-state index in [0.29, 0.717) is 0 Å². The van der Waals surface area contributed by atoms with E-state index in [4.69, 9.17) is 15.1 Å². The Morgan fingerprint density at radius 2 is 1.15 bits per heavy atom. The van der Waals surface area contributed by atoms with Gasteiger partial charge in [0.1, 0.15) is 0 Å². The molecule has 6 aromatic rings. The van der Waals surface area contributed by atoms with Crippen molar-refractivity contribution in [3.05, 3.63) is 142 Å². The molecule has 0 aliphatic carbocycles. The highest BCUT2D eigenvalue weighted by Crippen LogP contribution is 2.30. The number of nitrogens with zero attached hydrogens (tertiary/aromatic N) is 4. The topological polar surface area (TPSA) is 43.6 Å². The molecule has 0 bridgehead atoms. The quantitative estimate of drug-likeness (QED) is 0.177. The lowest BCUT2D eigenvalue weighted by atomic mass is 9.37. The van der Waals surface area contributed by atoms with Gasteiger partial charge in [-0.25, -0.2) is 4.68 Å². The number of benzene rings is 4. The Balaban J connectivity index is 1.36. The van der Waals surface area contributed by atoms with E-state index in [-0.39, 0.29) is 6.71 Å². The summed E-state index contributed by atoms with van der Waals surface area (Å²) in [5, 5.41) is 4.73. The zero-order valence-corrected chi connectivity index (χ0v) is 28.2. The summed E-state index contributed by atoms with van der Waals surface area (Å²) in [6.45, 7) is 21.3. The third kappa shape index (κ3) is 5.86. The highest BCUT2D eigenvalue weighted by molar-refractivity contribution is 6.95. The van der Waals surface area contributed by atoms with Crippen LogP contribution in [0.25, 0.3) is 34.0 Å². The SMILES string of the molecule is C=Cc1cc(C)c(-c2cccc(-n3cc(-c4cnc(B(c5c(C)cc(C)cc5C)c5c(C)cc(C)cc5C)nc4)cn3)c2)c(C)c1. The molecule has 4 nitrogen and oxygen atoms in total. The monoisotopic (exact) mass is 600 g/mol. The molecule has 4 aromatic carbocycles. The summed E-state index contributed by atoms with van der Waals surface area (Å²) in [5.74, 6) is 0. The molecule has 0 radical (unpaired) electrons. The van der Waals surface area contributed by atoms with Crippen molar-refractivity contribution < 1.29 is 0 Å². The molecule has 2 aromatic heterocycles. The minimum Gasteiger partial charge on any atom is -0.250 e. The van der Waals surface area contributed by atoms with Gasteiger partial charge in [0.25, 0.3) is 6.71 Å². The van der Waals surface area contributed by atoms with Gasteiger partial charge in [-0.3, -0.25) is 9.97 Å². The molecule has 0 fully saturated rings. The molecule has 0 aliphatic heterocycles. The van der Waals surface area contributed by atoms with Gasteiger partial charge in [-0.15, -0.1) is 0 Å². The van der Waals surface area contributed by atoms with Crippen molar-refractivity contribution in [2.75, 3.05) is 0 Å². The summed E-state index contributed by atoms with van der Waals surface area (Å²) < 4.78 is 1.93. The second kappa shape index (κ2) is 12.4. The zero-order chi connectivity index (χ0) is 32.7. The number of rotatable bonds is 7. The molecule has 0 unspecified atom stereocenters. The van der Waals surface area contributed by atoms with Crippen LogP contribution in [-0.4, -0.2) is 26.5 Å². The van der Waals surface area contributed by atoms with Gasteiger partial charge < -0.3 is 0 Å². The van der Waals surface area contributed by atoms with Gasteiger partial charge in [0.2, 0.25) is 0 Å². The first kappa shape index (κ1) is 31.0. The fourth-order valence-corrected chi connectivity index (χ4v) is 7.32. The Bertz CT molecular complexity index is 1980. The van der Waals surface area contributed by atoms with Gasteiger partial charge in [0, 0.05) is 29.7 Å². The van der Waals surface area contributed by atoms with Crippen LogP contribution < -0.4 is 16.6 Å². The first-order valence-electron chi connectivity index (χ1n) is 15.9. The predicted octanol–water partition coefficient (Wildman–Crippen LogP) is 7.62. The summed E-state index contributed by atoms with van der Waals surface area (Å²) in [7, 11) is 0. The Hall–Kier alpha value is -5.03. The molecule has 2 heterocycles. The van der Waals surface area contributed by atoms with Crippen LogP contribution in [0.15, 0.2) is 92.0 Å². The molecule has 6 rings (SSSR count). The summed E-state index contributed by atoms with van der Waals surface area (Å²) in [6, 6.07) is 22.0. The molecule has 46 heavy (non-hydrogen) atoms. The van der Waals surface area contributed by atoms with Crippen LogP contribution in [0.5, 0.6) is 0 Å². The van der Waals surface area contributed by atoms with Crippen LogP contribution in [0.1, 0.15) is 50.1 Å².